The Morgan fingerprint density at radius 2 is 1.80 bits per heavy atom. The number of nitrogens with zero attached hydrogens (tertiary/aromatic N) is 1. The zero-order chi connectivity index (χ0) is 15.2. The predicted octanol–water partition coefficient (Wildman–Crippen LogP) is 2.15. The molecule has 112 valence electrons. The number of hydrogen-bond donors (Lipinski definition) is 2. The number of hydrogen-bond acceptors (Lipinski definition) is 2. The first kappa shape index (κ1) is 16.3. The van der Waals surface area contributed by atoms with E-state index < -0.39 is 12.2 Å². The van der Waals surface area contributed by atoms with Gasteiger partial charge in [0.2, 0.25) is 0 Å². The van der Waals surface area contributed by atoms with Crippen molar-refractivity contribution in [2.45, 2.75) is 12.2 Å². The van der Waals surface area contributed by atoms with Crippen LogP contribution in [0.15, 0.2) is 30.3 Å². The molecule has 0 spiro atoms. The number of urea groups is 1. The van der Waals surface area contributed by atoms with E-state index in [0.717, 1.165) is 0 Å². The number of halogens is 3. The van der Waals surface area contributed by atoms with Crippen LogP contribution in [-0.4, -0.2) is 44.3 Å². The lowest BCUT2D eigenvalue weighted by Crippen LogP contribution is -2.41. The number of carbonyl (C=O) groups excluding carboxylic acids is 1. The second-order valence-electron chi connectivity index (χ2n) is 4.47. The Labute approximate surface area is 116 Å². The van der Waals surface area contributed by atoms with Crippen molar-refractivity contribution in [1.29, 1.82) is 0 Å². The highest BCUT2D eigenvalue weighted by molar-refractivity contribution is 5.73. The third-order valence-electron chi connectivity index (χ3n) is 2.62. The van der Waals surface area contributed by atoms with E-state index in [4.69, 9.17) is 0 Å². The Kier molecular flexibility index (Phi) is 5.82. The molecule has 0 radical (unpaired) electrons. The predicted molar refractivity (Wildman–Crippen MR) is 70.3 cm³/mol. The molecule has 7 heteroatoms. The van der Waals surface area contributed by atoms with Crippen molar-refractivity contribution >= 4 is 6.03 Å². The van der Waals surface area contributed by atoms with Crippen molar-refractivity contribution in [3.63, 3.8) is 0 Å². The van der Waals surface area contributed by atoms with E-state index >= 15 is 0 Å². The average Bonchev–Trinajstić information content (AvgIpc) is 2.37. The summed E-state index contributed by atoms with van der Waals surface area (Å²) in [7, 11) is 3.12. The van der Waals surface area contributed by atoms with Crippen LogP contribution in [0.5, 0.6) is 0 Å². The fourth-order valence-corrected chi connectivity index (χ4v) is 1.61. The van der Waals surface area contributed by atoms with Gasteiger partial charge in [-0.25, -0.2) is 4.79 Å². The molecular formula is C13H18F3N3O. The minimum absolute atomic E-state index is 0.0264. The van der Waals surface area contributed by atoms with Gasteiger partial charge in [-0.05, 0) is 5.56 Å². The number of alkyl halides is 3. The zero-order valence-corrected chi connectivity index (χ0v) is 11.4. The molecule has 0 aliphatic rings. The van der Waals surface area contributed by atoms with Gasteiger partial charge in [0.15, 0.2) is 0 Å². The van der Waals surface area contributed by atoms with Crippen molar-refractivity contribution < 1.29 is 18.0 Å². The third-order valence-corrected chi connectivity index (χ3v) is 2.62. The molecule has 20 heavy (non-hydrogen) atoms. The van der Waals surface area contributed by atoms with E-state index in [2.05, 4.69) is 10.6 Å². The summed E-state index contributed by atoms with van der Waals surface area (Å²) in [5.74, 6) is 0. The Morgan fingerprint density at radius 1 is 1.20 bits per heavy atom. The van der Waals surface area contributed by atoms with Crippen LogP contribution in [0.3, 0.4) is 0 Å². The summed E-state index contributed by atoms with van der Waals surface area (Å²) in [6.07, 6.45) is -4.38. The summed E-state index contributed by atoms with van der Waals surface area (Å²) in [6.45, 7) is 0.148. The van der Waals surface area contributed by atoms with Gasteiger partial charge in [0.25, 0.3) is 0 Å². The highest BCUT2D eigenvalue weighted by atomic mass is 19.4. The van der Waals surface area contributed by atoms with Gasteiger partial charge in [-0.3, -0.25) is 0 Å². The third kappa shape index (κ3) is 5.08. The van der Waals surface area contributed by atoms with E-state index in [0.29, 0.717) is 0 Å². The van der Waals surface area contributed by atoms with Gasteiger partial charge in [-0.15, -0.1) is 0 Å². The van der Waals surface area contributed by atoms with Gasteiger partial charge in [0.05, 0.1) is 0 Å². The number of amides is 2. The molecule has 1 aromatic rings. The molecular weight excluding hydrogens is 271 g/mol. The molecule has 1 unspecified atom stereocenters. The van der Waals surface area contributed by atoms with E-state index in [1.165, 1.54) is 17.0 Å². The summed E-state index contributed by atoms with van der Waals surface area (Å²) < 4.78 is 38.9. The molecule has 0 fully saturated rings. The molecule has 2 amide bonds. The molecule has 0 heterocycles. The molecule has 0 aliphatic heterocycles. The van der Waals surface area contributed by atoms with Crippen LogP contribution in [0.4, 0.5) is 18.0 Å². The SMILES string of the molecule is CN(C)C(=O)NCCNC(c1ccccc1)C(F)(F)F. The van der Waals surface area contributed by atoms with Crippen LogP contribution in [0, 0.1) is 0 Å². The van der Waals surface area contributed by atoms with Crippen LogP contribution >= 0.6 is 0 Å². The van der Waals surface area contributed by atoms with Crippen molar-refractivity contribution in [2.75, 3.05) is 27.2 Å². The van der Waals surface area contributed by atoms with Crippen molar-refractivity contribution in [3.8, 4) is 0 Å². The number of carbonyl (C=O) groups is 1. The maximum Gasteiger partial charge on any atom is 0.407 e. The molecule has 0 bridgehead atoms. The highest BCUT2D eigenvalue weighted by Gasteiger charge is 2.40. The van der Waals surface area contributed by atoms with Crippen molar-refractivity contribution in [3.05, 3.63) is 35.9 Å². The molecule has 4 nitrogen and oxygen atoms in total. The Bertz CT molecular complexity index is 421. The molecule has 1 atom stereocenters. The standard InChI is InChI=1S/C13H18F3N3O/c1-19(2)12(20)18-9-8-17-11(13(14,15)16)10-6-4-3-5-7-10/h3-7,11,17H,8-9H2,1-2H3,(H,18,20). The first-order valence-corrected chi connectivity index (χ1v) is 6.12. The van der Waals surface area contributed by atoms with E-state index in [-0.39, 0.29) is 24.7 Å². The quantitative estimate of drug-likeness (QED) is 0.816. The average molecular weight is 289 g/mol. The molecule has 0 aromatic heterocycles. The van der Waals surface area contributed by atoms with E-state index in [1.807, 2.05) is 0 Å². The molecule has 1 aromatic carbocycles. The Hall–Kier alpha value is -1.76. The lowest BCUT2D eigenvalue weighted by Gasteiger charge is -2.22. The monoisotopic (exact) mass is 289 g/mol. The maximum absolute atomic E-state index is 13.0. The van der Waals surface area contributed by atoms with Gasteiger partial charge in [0, 0.05) is 27.2 Å². The molecule has 0 saturated carbocycles. The first-order chi connectivity index (χ1) is 9.32. The first-order valence-electron chi connectivity index (χ1n) is 6.12. The number of nitrogens with one attached hydrogen (secondary N) is 2. The maximum atomic E-state index is 13.0. The van der Waals surface area contributed by atoms with Gasteiger partial charge in [-0.2, -0.15) is 13.2 Å². The molecule has 0 aliphatic carbocycles. The van der Waals surface area contributed by atoms with Crippen molar-refractivity contribution in [1.82, 2.24) is 15.5 Å². The number of benzene rings is 1. The van der Waals surface area contributed by atoms with Crippen LogP contribution in [-0.2, 0) is 0 Å². The minimum Gasteiger partial charge on any atom is -0.337 e. The second-order valence-corrected chi connectivity index (χ2v) is 4.47. The zero-order valence-electron chi connectivity index (χ0n) is 11.4. The van der Waals surface area contributed by atoms with Crippen LogP contribution < -0.4 is 10.6 Å². The fourth-order valence-electron chi connectivity index (χ4n) is 1.61. The largest absolute Gasteiger partial charge is 0.407 e. The summed E-state index contributed by atoms with van der Waals surface area (Å²) in [4.78, 5) is 12.5. The highest BCUT2D eigenvalue weighted by Crippen LogP contribution is 2.32. The Morgan fingerprint density at radius 3 is 2.30 bits per heavy atom. The van der Waals surface area contributed by atoms with E-state index in [1.54, 1.807) is 32.3 Å². The molecule has 2 N–H and O–H groups in total. The molecule has 0 saturated heterocycles. The summed E-state index contributed by atoms with van der Waals surface area (Å²) >= 11 is 0. The van der Waals surface area contributed by atoms with E-state index in [9.17, 15) is 18.0 Å². The topological polar surface area (TPSA) is 44.4 Å². The second kappa shape index (κ2) is 7.14. The number of rotatable bonds is 5. The Balaban J connectivity index is 2.54. The van der Waals surface area contributed by atoms with Gasteiger partial charge in [0.1, 0.15) is 6.04 Å². The normalized spacial score (nSPS) is 12.8. The lowest BCUT2D eigenvalue weighted by molar-refractivity contribution is -0.157. The van der Waals surface area contributed by atoms with Gasteiger partial charge < -0.3 is 15.5 Å². The van der Waals surface area contributed by atoms with Crippen molar-refractivity contribution in [2.24, 2.45) is 0 Å². The summed E-state index contributed by atoms with van der Waals surface area (Å²) in [6, 6.07) is 5.55. The van der Waals surface area contributed by atoms with Gasteiger partial charge >= 0.3 is 12.2 Å². The van der Waals surface area contributed by atoms with Crippen LogP contribution in [0.2, 0.25) is 0 Å². The van der Waals surface area contributed by atoms with Crippen LogP contribution in [0.25, 0.3) is 0 Å². The summed E-state index contributed by atoms with van der Waals surface area (Å²) in [5, 5.41) is 4.91. The lowest BCUT2D eigenvalue weighted by atomic mass is 10.1. The summed E-state index contributed by atoms with van der Waals surface area (Å²) in [5.41, 5.74) is 0.152. The van der Waals surface area contributed by atoms with Crippen LogP contribution in [0.1, 0.15) is 11.6 Å². The molecule has 1 rings (SSSR count). The fraction of sp³-hybridized carbons (Fsp3) is 0.462. The minimum atomic E-state index is -4.38. The van der Waals surface area contributed by atoms with Gasteiger partial charge in [-0.1, -0.05) is 30.3 Å². The smallest absolute Gasteiger partial charge is 0.337 e.